The summed E-state index contributed by atoms with van der Waals surface area (Å²) in [6.45, 7) is 9.99. The molecule has 0 amide bonds. The van der Waals surface area contributed by atoms with Gasteiger partial charge in [-0.2, -0.15) is 0 Å². The van der Waals surface area contributed by atoms with Gasteiger partial charge in [-0.25, -0.2) is 0 Å². The molecule has 1 rings (SSSR count). The van der Waals surface area contributed by atoms with E-state index in [1.54, 1.807) is 0 Å². The van der Waals surface area contributed by atoms with Crippen LogP contribution in [-0.2, 0) is 25.7 Å². The van der Waals surface area contributed by atoms with Crippen molar-refractivity contribution in [1.82, 2.24) is 0 Å². The van der Waals surface area contributed by atoms with Gasteiger partial charge in [0.25, 0.3) is 0 Å². The fraction of sp³-hybridized carbons (Fsp3) is 0.600. The molecule has 0 radical (unpaired) electrons. The SMILES string of the molecule is CCO[Si](Cc1ccc(CC)cc1)(OCC)OCC. The Bertz CT molecular complexity index is 334. The highest BCUT2D eigenvalue weighted by Gasteiger charge is 2.40. The minimum absolute atomic E-state index is 0.624. The van der Waals surface area contributed by atoms with E-state index in [-0.39, 0.29) is 0 Å². The van der Waals surface area contributed by atoms with Crippen molar-refractivity contribution in [2.45, 2.75) is 40.2 Å². The molecule has 0 aliphatic heterocycles. The second kappa shape index (κ2) is 8.48. The van der Waals surface area contributed by atoms with Gasteiger partial charge in [-0.3, -0.25) is 0 Å². The third kappa shape index (κ3) is 5.07. The smallest absolute Gasteiger partial charge is 0.374 e. The van der Waals surface area contributed by atoms with Crippen molar-refractivity contribution in [2.75, 3.05) is 19.8 Å². The third-order valence-corrected chi connectivity index (χ3v) is 5.97. The van der Waals surface area contributed by atoms with Crippen molar-refractivity contribution in [3.05, 3.63) is 35.4 Å². The van der Waals surface area contributed by atoms with E-state index in [4.69, 9.17) is 13.3 Å². The molecule has 0 heterocycles. The maximum atomic E-state index is 5.87. The van der Waals surface area contributed by atoms with Gasteiger partial charge in [0.05, 0.1) is 0 Å². The van der Waals surface area contributed by atoms with Crippen LogP contribution >= 0.6 is 0 Å². The van der Waals surface area contributed by atoms with Crippen molar-refractivity contribution in [2.24, 2.45) is 0 Å². The monoisotopic (exact) mass is 282 g/mol. The molecule has 0 unspecified atom stereocenters. The number of hydrogen-bond donors (Lipinski definition) is 0. The highest BCUT2D eigenvalue weighted by atomic mass is 28.4. The second-order valence-electron chi connectivity index (χ2n) is 4.33. The number of benzene rings is 1. The summed E-state index contributed by atoms with van der Waals surface area (Å²) < 4.78 is 17.6. The lowest BCUT2D eigenvalue weighted by Gasteiger charge is -2.28. The first-order valence-electron chi connectivity index (χ1n) is 7.19. The summed E-state index contributed by atoms with van der Waals surface area (Å²) in [6, 6.07) is 9.37. The zero-order valence-corrected chi connectivity index (χ0v) is 13.6. The quantitative estimate of drug-likeness (QED) is 0.650. The van der Waals surface area contributed by atoms with Gasteiger partial charge in [0, 0.05) is 25.9 Å². The normalized spacial score (nSPS) is 11.8. The average Bonchev–Trinajstić information content (AvgIpc) is 2.40. The molecule has 1 aromatic rings. The fourth-order valence-corrected chi connectivity index (χ4v) is 4.69. The van der Waals surface area contributed by atoms with Gasteiger partial charge in [0.1, 0.15) is 0 Å². The van der Waals surface area contributed by atoms with E-state index < -0.39 is 8.80 Å². The molecule has 4 heteroatoms. The summed E-state index contributed by atoms with van der Waals surface area (Å²) in [5.41, 5.74) is 2.57. The van der Waals surface area contributed by atoms with Crippen LogP contribution in [0.25, 0.3) is 0 Å². The summed E-state index contributed by atoms with van der Waals surface area (Å²) >= 11 is 0. The summed E-state index contributed by atoms with van der Waals surface area (Å²) in [7, 11) is -2.56. The highest BCUT2D eigenvalue weighted by molar-refractivity contribution is 6.60. The number of aryl methyl sites for hydroxylation is 1. The van der Waals surface area contributed by atoms with E-state index in [1.165, 1.54) is 11.1 Å². The van der Waals surface area contributed by atoms with Crippen LogP contribution in [0.5, 0.6) is 0 Å². The predicted octanol–water partition coefficient (Wildman–Crippen LogP) is 3.38. The van der Waals surface area contributed by atoms with Crippen molar-refractivity contribution in [3.63, 3.8) is 0 Å². The number of rotatable bonds is 9. The minimum Gasteiger partial charge on any atom is -0.374 e. The Labute approximate surface area is 118 Å². The lowest BCUT2D eigenvalue weighted by atomic mass is 10.1. The molecule has 0 aromatic heterocycles. The fourth-order valence-electron chi connectivity index (χ4n) is 2.08. The molecule has 0 spiro atoms. The van der Waals surface area contributed by atoms with E-state index in [0.717, 1.165) is 12.5 Å². The third-order valence-electron chi connectivity index (χ3n) is 2.94. The molecule has 0 aliphatic carbocycles. The van der Waals surface area contributed by atoms with Gasteiger partial charge in [0.2, 0.25) is 0 Å². The topological polar surface area (TPSA) is 27.7 Å². The van der Waals surface area contributed by atoms with Crippen molar-refractivity contribution in [1.29, 1.82) is 0 Å². The van der Waals surface area contributed by atoms with Crippen molar-refractivity contribution in [3.8, 4) is 0 Å². The van der Waals surface area contributed by atoms with E-state index in [2.05, 4.69) is 31.2 Å². The minimum atomic E-state index is -2.56. The lowest BCUT2D eigenvalue weighted by molar-refractivity contribution is 0.0704. The van der Waals surface area contributed by atoms with Crippen molar-refractivity contribution >= 4 is 8.80 Å². The van der Waals surface area contributed by atoms with Gasteiger partial charge < -0.3 is 13.3 Å². The van der Waals surface area contributed by atoms with E-state index in [0.29, 0.717) is 19.8 Å². The molecule has 1 aromatic carbocycles. The zero-order chi connectivity index (χ0) is 14.1. The Morgan fingerprint density at radius 1 is 0.737 bits per heavy atom. The molecule has 0 saturated heterocycles. The van der Waals surface area contributed by atoms with Crippen LogP contribution in [0.4, 0.5) is 0 Å². The second-order valence-corrected chi connectivity index (χ2v) is 6.91. The molecule has 0 fully saturated rings. The molecule has 0 atom stereocenters. The van der Waals surface area contributed by atoms with Gasteiger partial charge in [0.15, 0.2) is 0 Å². The number of hydrogen-bond acceptors (Lipinski definition) is 3. The highest BCUT2D eigenvalue weighted by Crippen LogP contribution is 2.18. The maximum absolute atomic E-state index is 5.87. The van der Waals surface area contributed by atoms with Crippen LogP contribution in [0.1, 0.15) is 38.8 Å². The van der Waals surface area contributed by atoms with Gasteiger partial charge in [-0.1, -0.05) is 31.2 Å². The van der Waals surface area contributed by atoms with E-state index in [9.17, 15) is 0 Å². The molecular weight excluding hydrogens is 256 g/mol. The van der Waals surface area contributed by atoms with E-state index in [1.807, 2.05) is 20.8 Å². The Hall–Kier alpha value is -0.683. The zero-order valence-electron chi connectivity index (χ0n) is 12.6. The molecule has 0 aliphatic rings. The molecule has 0 bridgehead atoms. The first-order valence-corrected chi connectivity index (χ1v) is 9.12. The van der Waals surface area contributed by atoms with Crippen LogP contribution < -0.4 is 0 Å². The lowest BCUT2D eigenvalue weighted by Crippen LogP contribution is -2.48. The van der Waals surface area contributed by atoms with E-state index >= 15 is 0 Å². The molecule has 3 nitrogen and oxygen atoms in total. The molecule has 0 N–H and O–H groups in total. The maximum Gasteiger partial charge on any atom is 0.505 e. The first-order chi connectivity index (χ1) is 9.19. The summed E-state index contributed by atoms with van der Waals surface area (Å²) in [6.07, 6.45) is 1.06. The Kier molecular flexibility index (Phi) is 7.31. The van der Waals surface area contributed by atoms with Crippen LogP contribution in [0.3, 0.4) is 0 Å². The Morgan fingerprint density at radius 3 is 1.53 bits per heavy atom. The van der Waals surface area contributed by atoms with Gasteiger partial charge in [-0.05, 0) is 38.3 Å². The van der Waals surface area contributed by atoms with Crippen molar-refractivity contribution < 1.29 is 13.3 Å². The van der Waals surface area contributed by atoms with Crippen LogP contribution in [0.2, 0.25) is 0 Å². The summed E-state index contributed by atoms with van der Waals surface area (Å²) in [5, 5.41) is 0. The first kappa shape index (κ1) is 16.4. The standard InChI is InChI=1S/C15H26O3Si/c1-5-14-9-11-15(12-10-14)13-19(16-6-2,17-7-3)18-8-4/h9-12H,5-8,13H2,1-4H3. The average molecular weight is 282 g/mol. The van der Waals surface area contributed by atoms with Crippen LogP contribution in [0.15, 0.2) is 24.3 Å². The predicted molar refractivity (Wildman–Crippen MR) is 80.2 cm³/mol. The molecule has 108 valence electrons. The largest absolute Gasteiger partial charge is 0.505 e. The summed E-state index contributed by atoms with van der Waals surface area (Å²) in [4.78, 5) is 0. The molecular formula is C15H26O3Si. The van der Waals surface area contributed by atoms with Gasteiger partial charge in [-0.15, -0.1) is 0 Å². The Balaban J connectivity index is 2.84. The molecule has 0 saturated carbocycles. The van der Waals surface area contributed by atoms with Gasteiger partial charge >= 0.3 is 8.80 Å². The Morgan fingerprint density at radius 2 is 1.16 bits per heavy atom. The van der Waals surface area contributed by atoms with Crippen LogP contribution in [-0.4, -0.2) is 28.6 Å². The van der Waals surface area contributed by atoms with Crippen LogP contribution in [0, 0.1) is 0 Å². The molecule has 19 heavy (non-hydrogen) atoms. The summed E-state index contributed by atoms with van der Waals surface area (Å²) in [5.74, 6) is 0.